The van der Waals surface area contributed by atoms with Crippen LogP contribution in [-0.4, -0.2) is 21.8 Å². The van der Waals surface area contributed by atoms with Gasteiger partial charge < -0.3 is 18.4 Å². The molecule has 0 unspecified atom stereocenters. The van der Waals surface area contributed by atoms with Gasteiger partial charge in [-0.3, -0.25) is 0 Å². The number of para-hydroxylation sites is 1. The van der Waals surface area contributed by atoms with Crippen molar-refractivity contribution in [2.45, 2.75) is 52.4 Å². The topological polar surface area (TPSA) is 24.0 Å². The molecule has 4 nitrogen and oxygen atoms in total. The van der Waals surface area contributed by atoms with E-state index in [0.717, 1.165) is 50.6 Å². The fourth-order valence-corrected chi connectivity index (χ4v) is 19.0. The molecule has 85 heavy (non-hydrogen) atoms. The molecule has 0 spiro atoms. The maximum absolute atomic E-state index is 7.18. The Hall–Kier alpha value is -9.94. The normalized spacial score (nSPS) is 13.2. The van der Waals surface area contributed by atoms with Crippen molar-refractivity contribution in [3.63, 3.8) is 0 Å². The highest BCUT2D eigenvalue weighted by Gasteiger charge is 2.48. The monoisotopic (exact) mass is 1110 g/mol. The van der Waals surface area contributed by atoms with Gasteiger partial charge in [-0.15, -0.1) is 0 Å². The number of aromatic nitrogens is 3. The summed E-state index contributed by atoms with van der Waals surface area (Å²) < 4.78 is 14.6. The Bertz CT molecular complexity index is 4950. The van der Waals surface area contributed by atoms with Gasteiger partial charge in [0.1, 0.15) is 11.5 Å². The Morgan fingerprint density at radius 1 is 0.271 bits per heavy atom. The Labute approximate surface area is 497 Å². The summed E-state index contributed by atoms with van der Waals surface area (Å²) in [6.45, 7) is 13.9. The highest BCUT2D eigenvalue weighted by Crippen LogP contribution is 2.43. The fourth-order valence-electron chi connectivity index (χ4n) is 14.1. The number of ether oxygens (including phenoxy) is 1. The largest absolute Gasteiger partial charge is 0.457 e. The second-order valence-electron chi connectivity index (χ2n) is 25.3. The molecule has 3 aromatic heterocycles. The van der Waals surface area contributed by atoms with Gasteiger partial charge in [0, 0.05) is 55.4 Å². The predicted molar refractivity (Wildman–Crippen MR) is 361 cm³/mol. The summed E-state index contributed by atoms with van der Waals surface area (Å²) in [6, 6.07) is 102. The number of fused-ring (bicyclic) bond motifs is 11. The van der Waals surface area contributed by atoms with E-state index in [2.05, 4.69) is 328 Å². The lowest BCUT2D eigenvalue weighted by atomic mass is 9.85. The summed E-state index contributed by atoms with van der Waals surface area (Å²) in [5, 5.41) is 12.5. The third-order valence-electron chi connectivity index (χ3n) is 18.3. The van der Waals surface area contributed by atoms with E-state index in [1.165, 1.54) is 97.5 Å². The Morgan fingerprint density at radius 2 is 0.612 bits per heavy atom. The van der Waals surface area contributed by atoms with E-state index in [9.17, 15) is 0 Å². The molecule has 0 saturated heterocycles. The maximum Gasteiger partial charge on any atom is 0.188 e. The highest BCUT2D eigenvalue weighted by molar-refractivity contribution is 7.20. The van der Waals surface area contributed by atoms with Crippen LogP contribution in [-0.2, 0) is 10.8 Å². The van der Waals surface area contributed by atoms with Crippen LogP contribution in [0.25, 0.3) is 105 Å². The molecule has 0 aliphatic carbocycles. The van der Waals surface area contributed by atoms with Gasteiger partial charge in [0.05, 0.1) is 33.1 Å². The van der Waals surface area contributed by atoms with Crippen LogP contribution in [0.15, 0.2) is 273 Å². The molecule has 0 atom stereocenters. The zero-order valence-corrected chi connectivity index (χ0v) is 49.7. The van der Waals surface area contributed by atoms with E-state index < -0.39 is 8.07 Å². The smallest absolute Gasteiger partial charge is 0.188 e. The molecule has 0 saturated carbocycles. The molecule has 0 fully saturated rings. The quantitative estimate of drug-likeness (QED) is 0.146. The predicted octanol–water partition coefficient (Wildman–Crippen LogP) is 18.4. The summed E-state index contributed by atoms with van der Waals surface area (Å²) in [6.07, 6.45) is 0. The van der Waals surface area contributed by atoms with Gasteiger partial charge >= 0.3 is 0 Å². The van der Waals surface area contributed by atoms with E-state index in [1.807, 2.05) is 0 Å². The molecule has 15 aromatic rings. The molecular formula is C80H63N3OSi. The SMILES string of the molecule is CC(C)(C)c1ccc2c(c1)c1cc(C(C)(C)C)ccc1n2-c1ccc2c(c1)c1cc(-n3c4ccc(-c5ccccc5)cc4c4cc(-c5ccccc5)ccc43)ccc1n2-c1ccc2c(c1)Oc1ccccc1[Si]2(c1ccccc1)c1ccccc1. The van der Waals surface area contributed by atoms with Crippen LogP contribution in [0.3, 0.4) is 0 Å². The zero-order chi connectivity index (χ0) is 57.3. The van der Waals surface area contributed by atoms with E-state index in [0.29, 0.717) is 0 Å². The van der Waals surface area contributed by atoms with E-state index >= 15 is 0 Å². The first-order valence-electron chi connectivity index (χ1n) is 29.8. The van der Waals surface area contributed by atoms with Crippen molar-refractivity contribution in [3.8, 4) is 50.8 Å². The van der Waals surface area contributed by atoms with E-state index in [-0.39, 0.29) is 10.8 Å². The van der Waals surface area contributed by atoms with Crippen LogP contribution < -0.4 is 25.5 Å². The number of benzene rings is 12. The van der Waals surface area contributed by atoms with Crippen molar-refractivity contribution in [3.05, 3.63) is 284 Å². The Kier molecular flexibility index (Phi) is 11.4. The molecule has 408 valence electrons. The number of hydrogen-bond acceptors (Lipinski definition) is 1. The van der Waals surface area contributed by atoms with Crippen LogP contribution in [0.4, 0.5) is 0 Å². The molecular weight excluding hydrogens is 1050 g/mol. The molecule has 1 aliphatic heterocycles. The van der Waals surface area contributed by atoms with Crippen LogP contribution in [0.1, 0.15) is 52.7 Å². The summed E-state index contributed by atoms with van der Waals surface area (Å²) in [4.78, 5) is 0. The van der Waals surface area contributed by atoms with Crippen molar-refractivity contribution in [1.29, 1.82) is 0 Å². The minimum absolute atomic E-state index is 0.00861. The van der Waals surface area contributed by atoms with Crippen molar-refractivity contribution in [2.24, 2.45) is 0 Å². The van der Waals surface area contributed by atoms with Crippen molar-refractivity contribution in [1.82, 2.24) is 13.7 Å². The molecule has 4 heterocycles. The molecule has 5 heteroatoms. The number of hydrogen-bond donors (Lipinski definition) is 0. The Morgan fingerprint density at radius 3 is 1.06 bits per heavy atom. The number of nitrogens with zero attached hydrogens (tertiary/aromatic N) is 3. The average Bonchev–Trinajstić information content (AvgIpc) is 1.66. The standard InChI is InChI=1S/C80H63N3OSi/c1-79(2,3)56-33-40-71-65(47-56)66-48-57(80(4,5)6)34-41-72(66)82(71)59-36-43-74-68(50-59)67-49-58(81-69-38-31-54(52-21-11-7-12-22-52)45-63(69)64-46-55(32-39-70(64)81)53-23-13-8-14-24-53)35-42-73(67)83(74)60-37-44-78-76(51-60)84-75-29-19-20-30-77(75)85(78,61-25-15-9-16-26-61)62-27-17-10-18-28-62/h7-51H,1-6H3. The van der Waals surface area contributed by atoms with Crippen LogP contribution in [0.2, 0.25) is 0 Å². The summed E-state index contributed by atoms with van der Waals surface area (Å²) in [5.74, 6) is 1.81. The minimum Gasteiger partial charge on any atom is -0.457 e. The van der Waals surface area contributed by atoms with E-state index in [4.69, 9.17) is 4.74 Å². The van der Waals surface area contributed by atoms with Gasteiger partial charge in [-0.25, -0.2) is 0 Å². The van der Waals surface area contributed by atoms with Crippen molar-refractivity contribution >= 4 is 94.2 Å². The molecule has 16 rings (SSSR count). The average molecular weight is 1110 g/mol. The lowest BCUT2D eigenvalue weighted by Gasteiger charge is -2.39. The maximum atomic E-state index is 7.18. The lowest BCUT2D eigenvalue weighted by molar-refractivity contribution is 0.487. The minimum atomic E-state index is -2.87. The first-order chi connectivity index (χ1) is 41.4. The van der Waals surface area contributed by atoms with Crippen molar-refractivity contribution in [2.75, 3.05) is 0 Å². The molecule has 0 bridgehead atoms. The van der Waals surface area contributed by atoms with Gasteiger partial charge in [0.15, 0.2) is 8.07 Å². The zero-order valence-electron chi connectivity index (χ0n) is 48.7. The summed E-state index contributed by atoms with van der Waals surface area (Å²) in [5.41, 5.74) is 17.7. The molecule has 1 aliphatic rings. The first-order valence-corrected chi connectivity index (χ1v) is 31.8. The van der Waals surface area contributed by atoms with E-state index in [1.54, 1.807) is 0 Å². The summed E-state index contributed by atoms with van der Waals surface area (Å²) in [7, 11) is -2.87. The number of rotatable bonds is 7. The van der Waals surface area contributed by atoms with Gasteiger partial charge in [-0.05, 0) is 162 Å². The third-order valence-corrected chi connectivity index (χ3v) is 23.1. The second-order valence-corrected chi connectivity index (χ2v) is 29.1. The molecule has 0 radical (unpaired) electrons. The molecule has 0 amide bonds. The van der Waals surface area contributed by atoms with Gasteiger partial charge in [-0.2, -0.15) is 0 Å². The van der Waals surface area contributed by atoms with Gasteiger partial charge in [0.2, 0.25) is 0 Å². The third kappa shape index (κ3) is 7.94. The molecule has 12 aromatic carbocycles. The summed E-state index contributed by atoms with van der Waals surface area (Å²) >= 11 is 0. The lowest BCUT2D eigenvalue weighted by Crippen LogP contribution is -2.76. The van der Waals surface area contributed by atoms with Crippen LogP contribution in [0, 0.1) is 0 Å². The molecule has 0 N–H and O–H groups in total. The Balaban J connectivity index is 0.961. The highest BCUT2D eigenvalue weighted by atomic mass is 28.3. The van der Waals surface area contributed by atoms with Crippen molar-refractivity contribution < 1.29 is 4.74 Å². The fraction of sp³-hybridized carbons (Fsp3) is 0.100. The van der Waals surface area contributed by atoms with Gasteiger partial charge in [0.25, 0.3) is 0 Å². The second kappa shape index (κ2) is 19.0. The van der Waals surface area contributed by atoms with Gasteiger partial charge in [-0.1, -0.05) is 211 Å². The van der Waals surface area contributed by atoms with Crippen LogP contribution >= 0.6 is 0 Å². The first kappa shape index (κ1) is 50.8. The van der Waals surface area contributed by atoms with Crippen LogP contribution in [0.5, 0.6) is 11.5 Å².